The lowest BCUT2D eigenvalue weighted by Gasteiger charge is -2.07. The zero-order valence-electron chi connectivity index (χ0n) is 12.7. The van der Waals surface area contributed by atoms with Crippen LogP contribution in [0, 0.1) is 0 Å². The molecule has 0 saturated carbocycles. The van der Waals surface area contributed by atoms with Gasteiger partial charge in [0.1, 0.15) is 5.75 Å². The van der Waals surface area contributed by atoms with E-state index in [1.165, 1.54) is 49.3 Å². The summed E-state index contributed by atoms with van der Waals surface area (Å²) in [6, 6.07) is 14.7. The number of halogens is 1. The summed E-state index contributed by atoms with van der Waals surface area (Å²) in [4.78, 5) is 0. The van der Waals surface area contributed by atoms with Gasteiger partial charge in [0, 0.05) is 5.33 Å². The van der Waals surface area contributed by atoms with E-state index in [0.29, 0.717) is 0 Å². The summed E-state index contributed by atoms with van der Waals surface area (Å²) in [6.07, 6.45) is 9.18. The summed E-state index contributed by atoms with van der Waals surface area (Å²) in [5.74, 6) is 0.992. The molecule has 0 aliphatic heterocycles. The van der Waals surface area contributed by atoms with Crippen molar-refractivity contribution < 1.29 is 4.74 Å². The largest absolute Gasteiger partial charge is 0.494 e. The number of unbranched alkanes of at least 4 members (excludes halogenated alkanes) is 6. The van der Waals surface area contributed by atoms with E-state index in [1.807, 2.05) is 0 Å². The maximum atomic E-state index is 5.85. The Kier molecular flexibility index (Phi) is 7.66. The van der Waals surface area contributed by atoms with Crippen LogP contribution in [-0.2, 0) is 0 Å². The van der Waals surface area contributed by atoms with E-state index in [4.69, 9.17) is 4.74 Å². The van der Waals surface area contributed by atoms with Crippen molar-refractivity contribution in [2.24, 2.45) is 0 Å². The van der Waals surface area contributed by atoms with Gasteiger partial charge < -0.3 is 4.74 Å². The topological polar surface area (TPSA) is 9.23 Å². The molecule has 0 amide bonds. The van der Waals surface area contributed by atoms with E-state index in [2.05, 4.69) is 58.4 Å². The maximum Gasteiger partial charge on any atom is 0.119 e. The Labute approximate surface area is 136 Å². The molecule has 0 heterocycles. The lowest BCUT2D eigenvalue weighted by Crippen LogP contribution is -1.97. The van der Waals surface area contributed by atoms with Crippen LogP contribution in [-0.4, -0.2) is 11.9 Å². The van der Waals surface area contributed by atoms with Crippen LogP contribution in [0.15, 0.2) is 42.5 Å². The van der Waals surface area contributed by atoms with Crippen LogP contribution in [0.4, 0.5) is 0 Å². The van der Waals surface area contributed by atoms with Crippen molar-refractivity contribution in [2.75, 3.05) is 11.9 Å². The molecule has 0 N–H and O–H groups in total. The lowest BCUT2D eigenvalue weighted by molar-refractivity contribution is 0.304. The minimum atomic E-state index is 0.833. The zero-order valence-corrected chi connectivity index (χ0v) is 14.3. The van der Waals surface area contributed by atoms with Crippen LogP contribution in [0.1, 0.15) is 44.9 Å². The van der Waals surface area contributed by atoms with Crippen molar-refractivity contribution in [3.63, 3.8) is 0 Å². The summed E-state index contributed by atoms with van der Waals surface area (Å²) in [5.41, 5.74) is 0. The van der Waals surface area contributed by atoms with Crippen LogP contribution >= 0.6 is 15.9 Å². The van der Waals surface area contributed by atoms with E-state index in [9.17, 15) is 0 Å². The van der Waals surface area contributed by atoms with Crippen molar-refractivity contribution >= 4 is 26.7 Å². The Hall–Kier alpha value is -1.02. The molecule has 114 valence electrons. The number of hydrogen-bond acceptors (Lipinski definition) is 1. The third-order valence-electron chi connectivity index (χ3n) is 3.77. The fourth-order valence-corrected chi connectivity index (χ4v) is 2.92. The summed E-state index contributed by atoms with van der Waals surface area (Å²) in [6.45, 7) is 0.833. The second kappa shape index (κ2) is 9.83. The summed E-state index contributed by atoms with van der Waals surface area (Å²) in [7, 11) is 0. The normalized spacial score (nSPS) is 10.9. The molecule has 0 bridgehead atoms. The Balaban J connectivity index is 1.59. The van der Waals surface area contributed by atoms with Gasteiger partial charge in [-0.05, 0) is 35.7 Å². The number of fused-ring (bicyclic) bond motifs is 1. The molecule has 1 nitrogen and oxygen atoms in total. The van der Waals surface area contributed by atoms with Crippen molar-refractivity contribution in [3.8, 4) is 5.75 Å². The first kappa shape index (κ1) is 16.4. The Morgan fingerprint density at radius 2 is 1.38 bits per heavy atom. The smallest absolute Gasteiger partial charge is 0.119 e. The number of hydrogen-bond donors (Lipinski definition) is 0. The van der Waals surface area contributed by atoms with Crippen molar-refractivity contribution in [1.29, 1.82) is 0 Å². The van der Waals surface area contributed by atoms with Gasteiger partial charge in [0.05, 0.1) is 6.61 Å². The highest BCUT2D eigenvalue weighted by Crippen LogP contribution is 2.20. The third-order valence-corrected chi connectivity index (χ3v) is 4.33. The molecular weight excluding hydrogens is 324 g/mol. The van der Waals surface area contributed by atoms with Crippen molar-refractivity contribution in [2.45, 2.75) is 44.9 Å². The molecule has 0 aromatic heterocycles. The van der Waals surface area contributed by atoms with Crippen molar-refractivity contribution in [1.82, 2.24) is 0 Å². The fourth-order valence-electron chi connectivity index (χ4n) is 2.53. The summed E-state index contributed by atoms with van der Waals surface area (Å²) >= 11 is 3.47. The highest BCUT2D eigenvalue weighted by Gasteiger charge is 1.97. The molecule has 2 heteroatoms. The van der Waals surface area contributed by atoms with E-state index >= 15 is 0 Å². The van der Waals surface area contributed by atoms with Gasteiger partial charge in [0.15, 0.2) is 0 Å². The van der Waals surface area contributed by atoms with Gasteiger partial charge in [-0.1, -0.05) is 78.4 Å². The molecule has 2 rings (SSSR count). The molecule has 0 aliphatic rings. The molecule has 2 aromatic carbocycles. The van der Waals surface area contributed by atoms with Crippen LogP contribution in [0.2, 0.25) is 0 Å². The third kappa shape index (κ3) is 6.09. The predicted molar refractivity (Wildman–Crippen MR) is 95.6 cm³/mol. The molecule has 0 aliphatic carbocycles. The van der Waals surface area contributed by atoms with Gasteiger partial charge in [0.25, 0.3) is 0 Å². The van der Waals surface area contributed by atoms with Crippen LogP contribution in [0.5, 0.6) is 5.75 Å². The van der Waals surface area contributed by atoms with E-state index in [0.717, 1.165) is 24.1 Å². The highest BCUT2D eigenvalue weighted by molar-refractivity contribution is 9.09. The van der Waals surface area contributed by atoms with Gasteiger partial charge in [-0.15, -0.1) is 0 Å². The summed E-state index contributed by atoms with van der Waals surface area (Å²) < 4.78 is 5.85. The molecular formula is C19H25BrO. The maximum absolute atomic E-state index is 5.85. The molecule has 21 heavy (non-hydrogen) atoms. The fraction of sp³-hybridized carbons (Fsp3) is 0.474. The number of alkyl halides is 1. The van der Waals surface area contributed by atoms with Crippen LogP contribution in [0.25, 0.3) is 10.8 Å². The second-order valence-corrected chi connectivity index (χ2v) is 6.31. The van der Waals surface area contributed by atoms with Crippen LogP contribution in [0.3, 0.4) is 0 Å². The monoisotopic (exact) mass is 348 g/mol. The van der Waals surface area contributed by atoms with Crippen molar-refractivity contribution in [3.05, 3.63) is 42.5 Å². The first-order valence-corrected chi connectivity index (χ1v) is 9.20. The molecule has 0 atom stereocenters. The minimum absolute atomic E-state index is 0.833. The number of benzene rings is 2. The van der Waals surface area contributed by atoms with Gasteiger partial charge in [0.2, 0.25) is 0 Å². The van der Waals surface area contributed by atoms with Gasteiger partial charge in [-0.2, -0.15) is 0 Å². The lowest BCUT2D eigenvalue weighted by atomic mass is 10.1. The number of rotatable bonds is 10. The summed E-state index contributed by atoms with van der Waals surface area (Å²) in [5, 5.41) is 3.67. The predicted octanol–water partition coefficient (Wildman–Crippen LogP) is 6.34. The average molecular weight is 349 g/mol. The Bertz CT molecular complexity index is 524. The Morgan fingerprint density at radius 3 is 2.14 bits per heavy atom. The van der Waals surface area contributed by atoms with Crippen LogP contribution < -0.4 is 4.74 Å². The first-order valence-electron chi connectivity index (χ1n) is 8.08. The van der Waals surface area contributed by atoms with E-state index < -0.39 is 0 Å². The molecule has 2 aromatic rings. The second-order valence-electron chi connectivity index (χ2n) is 5.52. The Morgan fingerprint density at radius 1 is 0.714 bits per heavy atom. The SMILES string of the molecule is BrCCCCCCCCCOc1ccc2ccccc2c1. The van der Waals surface area contributed by atoms with Gasteiger partial charge in [-0.25, -0.2) is 0 Å². The van der Waals surface area contributed by atoms with E-state index in [1.54, 1.807) is 0 Å². The van der Waals surface area contributed by atoms with Gasteiger partial charge in [-0.3, -0.25) is 0 Å². The quantitative estimate of drug-likeness (QED) is 0.359. The molecule has 0 unspecified atom stereocenters. The molecule has 0 radical (unpaired) electrons. The molecule has 0 spiro atoms. The highest BCUT2D eigenvalue weighted by atomic mass is 79.9. The zero-order chi connectivity index (χ0) is 14.8. The molecule has 0 fully saturated rings. The van der Waals surface area contributed by atoms with Gasteiger partial charge >= 0.3 is 0 Å². The number of ether oxygens (including phenoxy) is 1. The first-order chi connectivity index (χ1) is 10.4. The van der Waals surface area contributed by atoms with E-state index in [-0.39, 0.29) is 0 Å². The standard InChI is InChI=1S/C19H25BrO/c20-14-8-4-2-1-3-5-9-15-21-19-13-12-17-10-6-7-11-18(17)16-19/h6-7,10-13,16H,1-5,8-9,14-15H2. The average Bonchev–Trinajstić information content (AvgIpc) is 2.53. The minimum Gasteiger partial charge on any atom is -0.494 e. The molecule has 0 saturated heterocycles.